The summed E-state index contributed by atoms with van der Waals surface area (Å²) in [6.45, 7) is 12.6. The van der Waals surface area contributed by atoms with E-state index in [9.17, 15) is 0 Å². The molecule has 0 saturated carbocycles. The van der Waals surface area contributed by atoms with Gasteiger partial charge in [0.25, 0.3) is 0 Å². The van der Waals surface area contributed by atoms with Gasteiger partial charge in [0.2, 0.25) is 17.7 Å². The van der Waals surface area contributed by atoms with E-state index >= 15 is 0 Å². The topological polar surface area (TPSA) is 85.8 Å². The molecule has 4 aromatic rings. The highest BCUT2D eigenvalue weighted by molar-refractivity contribution is 5.75. The van der Waals surface area contributed by atoms with Crippen LogP contribution in [0.1, 0.15) is 67.8 Å². The fraction of sp³-hybridized carbons (Fsp3) is 0.519. The van der Waals surface area contributed by atoms with Gasteiger partial charge in [0, 0.05) is 39.9 Å². The van der Waals surface area contributed by atoms with Crippen molar-refractivity contribution in [2.45, 2.75) is 65.7 Å². The van der Waals surface area contributed by atoms with Gasteiger partial charge in [0.1, 0.15) is 5.52 Å². The number of rotatable bonds is 5. The molecule has 8 heteroatoms. The van der Waals surface area contributed by atoms with E-state index in [4.69, 9.17) is 14.4 Å². The lowest BCUT2D eigenvalue weighted by molar-refractivity contribution is 0.356. The van der Waals surface area contributed by atoms with E-state index in [1.54, 1.807) is 0 Å². The van der Waals surface area contributed by atoms with Crippen LogP contribution in [-0.4, -0.2) is 42.8 Å². The summed E-state index contributed by atoms with van der Waals surface area (Å²) in [5.41, 5.74) is 6.83. The Bertz CT molecular complexity index is 1340. The molecule has 3 aromatic heterocycles. The van der Waals surface area contributed by atoms with Crippen molar-refractivity contribution in [3.63, 3.8) is 0 Å². The number of imidazole rings is 1. The first-order valence-corrected chi connectivity index (χ1v) is 12.5. The molecule has 0 radical (unpaired) electrons. The van der Waals surface area contributed by atoms with Gasteiger partial charge in [-0.25, -0.2) is 9.97 Å². The standard InChI is InChI=1S/C27H35N7O/c1-17-7-8-21(27(3,4)5)14-20(17)15-22-24-25(28-16-33(24)6)30-26(29-22)34-11-9-19(10-12-34)13-23-32-31-18(2)35-23/h7-8,14,16,19H,9-13,15H2,1-6H3. The number of benzene rings is 1. The molecule has 0 unspecified atom stereocenters. The lowest BCUT2D eigenvalue weighted by atomic mass is 9.84. The fourth-order valence-electron chi connectivity index (χ4n) is 4.90. The van der Waals surface area contributed by atoms with E-state index in [0.29, 0.717) is 11.8 Å². The summed E-state index contributed by atoms with van der Waals surface area (Å²) in [7, 11) is 2.02. The molecule has 0 amide bonds. The average Bonchev–Trinajstić information content (AvgIpc) is 3.40. The Hall–Kier alpha value is -3.29. The molecule has 0 atom stereocenters. The fourth-order valence-corrected chi connectivity index (χ4v) is 4.90. The lowest BCUT2D eigenvalue weighted by Crippen LogP contribution is -2.35. The number of hydrogen-bond donors (Lipinski definition) is 0. The number of nitrogens with zero attached hydrogens (tertiary/aromatic N) is 7. The Morgan fingerprint density at radius 1 is 1.06 bits per heavy atom. The third-order valence-corrected chi connectivity index (χ3v) is 7.13. The predicted molar refractivity (Wildman–Crippen MR) is 137 cm³/mol. The van der Waals surface area contributed by atoms with E-state index in [2.05, 4.69) is 66.0 Å². The molecule has 1 aromatic carbocycles. The highest BCUT2D eigenvalue weighted by Crippen LogP contribution is 2.29. The second kappa shape index (κ2) is 9.06. The van der Waals surface area contributed by atoms with Crippen molar-refractivity contribution in [2.24, 2.45) is 13.0 Å². The molecule has 1 aliphatic rings. The Kier molecular flexibility index (Phi) is 6.07. The first-order valence-electron chi connectivity index (χ1n) is 12.5. The zero-order valence-corrected chi connectivity index (χ0v) is 21.7. The van der Waals surface area contributed by atoms with Crippen LogP contribution < -0.4 is 4.90 Å². The maximum absolute atomic E-state index is 5.59. The quantitative estimate of drug-likeness (QED) is 0.415. The minimum Gasteiger partial charge on any atom is -0.426 e. The van der Waals surface area contributed by atoms with Crippen molar-refractivity contribution in [1.82, 2.24) is 29.7 Å². The molecule has 0 N–H and O–H groups in total. The van der Waals surface area contributed by atoms with Gasteiger partial charge >= 0.3 is 0 Å². The maximum atomic E-state index is 5.59. The predicted octanol–water partition coefficient (Wildman–Crippen LogP) is 4.71. The summed E-state index contributed by atoms with van der Waals surface area (Å²) in [6.07, 6.45) is 5.53. The van der Waals surface area contributed by atoms with Crippen LogP contribution in [-0.2, 0) is 25.3 Å². The summed E-state index contributed by atoms with van der Waals surface area (Å²) >= 11 is 0. The molecular formula is C27H35N7O. The zero-order valence-electron chi connectivity index (χ0n) is 21.7. The van der Waals surface area contributed by atoms with Gasteiger partial charge in [-0.2, -0.15) is 4.98 Å². The Labute approximate surface area is 206 Å². The molecular weight excluding hydrogens is 438 g/mol. The molecule has 1 fully saturated rings. The van der Waals surface area contributed by atoms with Crippen LogP contribution in [0, 0.1) is 19.8 Å². The highest BCUT2D eigenvalue weighted by atomic mass is 16.4. The number of piperidine rings is 1. The molecule has 0 spiro atoms. The second-order valence-electron chi connectivity index (χ2n) is 10.9. The summed E-state index contributed by atoms with van der Waals surface area (Å²) in [5.74, 6) is 2.68. The minimum absolute atomic E-state index is 0.103. The van der Waals surface area contributed by atoms with E-state index in [1.807, 2.05) is 24.9 Å². The van der Waals surface area contributed by atoms with Gasteiger partial charge in [-0.05, 0) is 47.8 Å². The Morgan fingerprint density at radius 2 is 1.83 bits per heavy atom. The lowest BCUT2D eigenvalue weighted by Gasteiger charge is -2.31. The van der Waals surface area contributed by atoms with Crippen molar-refractivity contribution in [1.29, 1.82) is 0 Å². The third kappa shape index (κ3) is 4.92. The van der Waals surface area contributed by atoms with Gasteiger partial charge in [-0.3, -0.25) is 0 Å². The normalized spacial score (nSPS) is 15.3. The molecule has 184 valence electrons. The average molecular weight is 474 g/mol. The third-order valence-electron chi connectivity index (χ3n) is 7.13. The molecule has 5 rings (SSSR count). The summed E-state index contributed by atoms with van der Waals surface area (Å²) in [5, 5.41) is 8.13. The van der Waals surface area contributed by atoms with Crippen LogP contribution in [0.3, 0.4) is 0 Å². The monoisotopic (exact) mass is 473 g/mol. The number of aromatic nitrogens is 6. The smallest absolute Gasteiger partial charge is 0.227 e. The van der Waals surface area contributed by atoms with Crippen LogP contribution in [0.25, 0.3) is 11.2 Å². The van der Waals surface area contributed by atoms with Crippen LogP contribution in [0.4, 0.5) is 5.95 Å². The molecule has 4 heterocycles. The number of anilines is 1. The van der Waals surface area contributed by atoms with E-state index in [-0.39, 0.29) is 5.41 Å². The Balaban J connectivity index is 1.40. The summed E-state index contributed by atoms with van der Waals surface area (Å²) in [6, 6.07) is 6.81. The van der Waals surface area contributed by atoms with Crippen molar-refractivity contribution in [2.75, 3.05) is 18.0 Å². The number of hydrogen-bond acceptors (Lipinski definition) is 7. The first kappa shape index (κ1) is 23.5. The van der Waals surface area contributed by atoms with E-state index in [1.165, 1.54) is 16.7 Å². The minimum atomic E-state index is 0.103. The van der Waals surface area contributed by atoms with Gasteiger partial charge in [-0.1, -0.05) is 39.0 Å². The first-order chi connectivity index (χ1) is 16.7. The molecule has 0 aliphatic carbocycles. The van der Waals surface area contributed by atoms with Gasteiger partial charge in [0.05, 0.1) is 12.0 Å². The largest absolute Gasteiger partial charge is 0.426 e. The van der Waals surface area contributed by atoms with Crippen LogP contribution in [0.2, 0.25) is 0 Å². The Morgan fingerprint density at radius 3 is 2.51 bits per heavy atom. The number of fused-ring (bicyclic) bond motifs is 1. The maximum Gasteiger partial charge on any atom is 0.227 e. The van der Waals surface area contributed by atoms with Crippen LogP contribution in [0.15, 0.2) is 28.9 Å². The van der Waals surface area contributed by atoms with Crippen molar-refractivity contribution >= 4 is 17.1 Å². The number of aryl methyl sites for hydroxylation is 3. The molecule has 1 saturated heterocycles. The van der Waals surface area contributed by atoms with Gasteiger partial charge in [0.15, 0.2) is 5.65 Å². The second-order valence-corrected chi connectivity index (χ2v) is 10.9. The van der Waals surface area contributed by atoms with Crippen LogP contribution in [0.5, 0.6) is 0 Å². The zero-order chi connectivity index (χ0) is 24.7. The summed E-state index contributed by atoms with van der Waals surface area (Å²) < 4.78 is 7.63. The SMILES string of the molecule is Cc1nnc(CC2CCN(c3nc(Cc4cc(C(C)(C)C)ccc4C)c4c(ncn4C)n3)CC2)o1. The summed E-state index contributed by atoms with van der Waals surface area (Å²) in [4.78, 5) is 16.9. The van der Waals surface area contributed by atoms with Crippen molar-refractivity contribution in [3.05, 3.63) is 58.7 Å². The van der Waals surface area contributed by atoms with Gasteiger partial charge in [-0.15, -0.1) is 10.2 Å². The van der Waals surface area contributed by atoms with E-state index < -0.39 is 0 Å². The molecule has 35 heavy (non-hydrogen) atoms. The molecule has 1 aliphatic heterocycles. The van der Waals surface area contributed by atoms with E-state index in [0.717, 1.165) is 67.5 Å². The van der Waals surface area contributed by atoms with Crippen molar-refractivity contribution in [3.8, 4) is 0 Å². The molecule has 0 bridgehead atoms. The van der Waals surface area contributed by atoms with Crippen molar-refractivity contribution < 1.29 is 4.42 Å². The molecule has 8 nitrogen and oxygen atoms in total. The highest BCUT2D eigenvalue weighted by Gasteiger charge is 2.25. The van der Waals surface area contributed by atoms with Gasteiger partial charge < -0.3 is 13.9 Å². The van der Waals surface area contributed by atoms with Crippen LogP contribution >= 0.6 is 0 Å².